The molecule has 1 aromatic heterocycles. The Hall–Kier alpha value is -2.70. The summed E-state index contributed by atoms with van der Waals surface area (Å²) in [6, 6.07) is 13.6. The Morgan fingerprint density at radius 1 is 1.22 bits per heavy atom. The molecule has 0 radical (unpaired) electrons. The van der Waals surface area contributed by atoms with Crippen molar-refractivity contribution in [1.82, 2.24) is 4.57 Å². The summed E-state index contributed by atoms with van der Waals surface area (Å²) in [6.07, 6.45) is 4.74. The van der Waals surface area contributed by atoms with E-state index in [2.05, 4.69) is 24.0 Å². The Labute approximate surface area is 166 Å². The Bertz CT molecular complexity index is 1120. The SMILES string of the molecule is CCc1cccc2c1N=CC2=Cc1sc(=S)n(-c2ccc(OC)cc2)c1O. The van der Waals surface area contributed by atoms with Crippen LogP contribution in [0.3, 0.4) is 0 Å². The maximum Gasteiger partial charge on any atom is 0.215 e. The minimum atomic E-state index is 0.135. The molecule has 27 heavy (non-hydrogen) atoms. The van der Waals surface area contributed by atoms with Crippen molar-refractivity contribution >= 4 is 47.1 Å². The lowest BCUT2D eigenvalue weighted by atomic mass is 10.0. The van der Waals surface area contributed by atoms with Gasteiger partial charge >= 0.3 is 0 Å². The third-order valence-electron chi connectivity index (χ3n) is 4.57. The van der Waals surface area contributed by atoms with Crippen LogP contribution in [0, 0.1) is 3.95 Å². The fourth-order valence-corrected chi connectivity index (χ4v) is 4.46. The van der Waals surface area contributed by atoms with Crippen molar-refractivity contribution in [3.05, 3.63) is 62.4 Å². The van der Waals surface area contributed by atoms with Crippen LogP contribution >= 0.6 is 23.6 Å². The summed E-state index contributed by atoms with van der Waals surface area (Å²) in [6.45, 7) is 2.12. The number of allylic oxidation sites excluding steroid dienone is 1. The second-order valence-electron chi connectivity index (χ2n) is 6.11. The summed E-state index contributed by atoms with van der Waals surface area (Å²) in [7, 11) is 1.62. The number of aryl methyl sites for hydroxylation is 1. The largest absolute Gasteiger partial charge is 0.497 e. The number of aliphatic imine (C=N–C) groups is 1. The minimum absolute atomic E-state index is 0.135. The van der Waals surface area contributed by atoms with Crippen LogP contribution in [0.4, 0.5) is 5.69 Å². The van der Waals surface area contributed by atoms with E-state index in [1.54, 1.807) is 11.7 Å². The molecular weight excluding hydrogens is 376 g/mol. The van der Waals surface area contributed by atoms with Gasteiger partial charge in [-0.15, -0.1) is 11.3 Å². The van der Waals surface area contributed by atoms with Crippen LogP contribution in [0.2, 0.25) is 0 Å². The Kier molecular flexibility index (Phi) is 4.68. The number of methoxy groups -OCH3 is 1. The van der Waals surface area contributed by atoms with Crippen LogP contribution in [0.5, 0.6) is 11.6 Å². The number of para-hydroxylation sites is 1. The fraction of sp³-hybridized carbons (Fsp3) is 0.143. The van der Waals surface area contributed by atoms with Crippen molar-refractivity contribution in [3.8, 4) is 17.3 Å². The number of hydrogen-bond donors (Lipinski definition) is 1. The topological polar surface area (TPSA) is 46.8 Å². The second kappa shape index (κ2) is 7.13. The first-order valence-corrected chi connectivity index (χ1v) is 9.82. The standard InChI is InChI=1S/C21H18N2O2S2/c1-3-13-5-4-6-17-14(12-22-19(13)17)11-18-20(24)23(21(26)27-18)15-7-9-16(25-2)10-8-15/h4-12,24H,3H2,1-2H3. The van der Waals surface area contributed by atoms with Crippen LogP contribution in [0.15, 0.2) is 47.5 Å². The zero-order valence-electron chi connectivity index (χ0n) is 15.0. The van der Waals surface area contributed by atoms with Gasteiger partial charge in [0, 0.05) is 17.4 Å². The predicted octanol–water partition coefficient (Wildman–Crippen LogP) is 5.80. The number of aromatic nitrogens is 1. The lowest BCUT2D eigenvalue weighted by Crippen LogP contribution is -1.93. The highest BCUT2D eigenvalue weighted by Crippen LogP contribution is 2.38. The van der Waals surface area contributed by atoms with Gasteiger partial charge in [0.2, 0.25) is 5.88 Å². The van der Waals surface area contributed by atoms with E-state index in [0.717, 1.165) is 34.7 Å². The molecule has 1 aliphatic heterocycles. The molecule has 0 fully saturated rings. The summed E-state index contributed by atoms with van der Waals surface area (Å²) in [4.78, 5) is 5.28. The number of aromatic hydroxyl groups is 1. The van der Waals surface area contributed by atoms with E-state index in [0.29, 0.717) is 8.83 Å². The molecule has 2 heterocycles. The molecule has 2 aromatic carbocycles. The Morgan fingerprint density at radius 3 is 2.70 bits per heavy atom. The number of hydrogen-bond acceptors (Lipinski definition) is 5. The highest BCUT2D eigenvalue weighted by molar-refractivity contribution is 7.73. The van der Waals surface area contributed by atoms with Crippen molar-refractivity contribution in [1.29, 1.82) is 0 Å². The zero-order valence-corrected chi connectivity index (χ0v) is 16.6. The molecule has 4 nitrogen and oxygen atoms in total. The van der Waals surface area contributed by atoms with Crippen molar-refractivity contribution in [2.45, 2.75) is 13.3 Å². The van der Waals surface area contributed by atoms with E-state index >= 15 is 0 Å². The van der Waals surface area contributed by atoms with Crippen molar-refractivity contribution < 1.29 is 9.84 Å². The summed E-state index contributed by atoms with van der Waals surface area (Å²) < 4.78 is 7.45. The average Bonchev–Trinajstić information content (AvgIpc) is 3.23. The molecule has 136 valence electrons. The number of fused-ring (bicyclic) bond motifs is 1. The molecule has 0 atom stereocenters. The summed E-state index contributed by atoms with van der Waals surface area (Å²) in [5.41, 5.74) is 5.11. The normalized spacial score (nSPS) is 13.9. The lowest BCUT2D eigenvalue weighted by molar-refractivity contribution is 0.414. The van der Waals surface area contributed by atoms with Crippen LogP contribution in [0.1, 0.15) is 22.9 Å². The third kappa shape index (κ3) is 3.11. The first-order valence-electron chi connectivity index (χ1n) is 8.59. The highest BCUT2D eigenvalue weighted by atomic mass is 32.1. The Balaban J connectivity index is 1.77. The molecule has 0 saturated heterocycles. The fourth-order valence-electron chi connectivity index (χ4n) is 3.16. The molecule has 4 rings (SSSR count). The van der Waals surface area contributed by atoms with Crippen LogP contribution in [-0.4, -0.2) is 23.0 Å². The smallest absolute Gasteiger partial charge is 0.215 e. The van der Waals surface area contributed by atoms with E-state index in [1.807, 2.05) is 42.6 Å². The van der Waals surface area contributed by atoms with Crippen LogP contribution in [0.25, 0.3) is 17.3 Å². The number of rotatable bonds is 4. The number of ether oxygens (including phenoxy) is 1. The van der Waals surface area contributed by atoms with Gasteiger partial charge in [-0.3, -0.25) is 9.56 Å². The molecule has 0 unspecified atom stereocenters. The monoisotopic (exact) mass is 394 g/mol. The van der Waals surface area contributed by atoms with Gasteiger partial charge in [0.05, 0.1) is 23.4 Å². The maximum absolute atomic E-state index is 10.8. The minimum Gasteiger partial charge on any atom is -0.497 e. The first-order chi connectivity index (χ1) is 13.1. The van der Waals surface area contributed by atoms with Gasteiger partial charge in [-0.1, -0.05) is 25.1 Å². The molecule has 0 bridgehead atoms. The van der Waals surface area contributed by atoms with E-state index in [9.17, 15) is 5.11 Å². The van der Waals surface area contributed by atoms with Crippen LogP contribution in [-0.2, 0) is 6.42 Å². The van der Waals surface area contributed by atoms with Gasteiger partial charge < -0.3 is 9.84 Å². The molecular formula is C21H18N2O2S2. The van der Waals surface area contributed by atoms with E-state index in [1.165, 1.54) is 16.9 Å². The summed E-state index contributed by atoms with van der Waals surface area (Å²) >= 11 is 6.86. The molecule has 1 aliphatic rings. The van der Waals surface area contributed by atoms with Crippen LogP contribution < -0.4 is 4.74 Å². The molecule has 3 aromatic rings. The molecule has 0 amide bonds. The van der Waals surface area contributed by atoms with Crippen molar-refractivity contribution in [2.24, 2.45) is 4.99 Å². The van der Waals surface area contributed by atoms with Gasteiger partial charge in [-0.25, -0.2) is 0 Å². The summed E-state index contributed by atoms with van der Waals surface area (Å²) in [5.74, 6) is 0.893. The zero-order chi connectivity index (χ0) is 19.0. The second-order valence-corrected chi connectivity index (χ2v) is 7.79. The average molecular weight is 395 g/mol. The highest BCUT2D eigenvalue weighted by Gasteiger charge is 2.18. The van der Waals surface area contributed by atoms with Crippen molar-refractivity contribution in [2.75, 3.05) is 7.11 Å². The first kappa shape index (κ1) is 17.7. The van der Waals surface area contributed by atoms with Gasteiger partial charge in [-0.05, 0) is 54.5 Å². The quantitative estimate of drug-likeness (QED) is 0.569. The molecule has 0 saturated carbocycles. The molecule has 6 heteroatoms. The summed E-state index contributed by atoms with van der Waals surface area (Å²) in [5, 5.41) is 10.8. The van der Waals surface area contributed by atoms with Gasteiger partial charge in [0.1, 0.15) is 5.75 Å². The predicted molar refractivity (Wildman–Crippen MR) is 115 cm³/mol. The third-order valence-corrected chi connectivity index (χ3v) is 5.88. The van der Waals surface area contributed by atoms with E-state index < -0.39 is 0 Å². The maximum atomic E-state index is 10.8. The number of thiazole rings is 1. The Morgan fingerprint density at radius 2 is 2.00 bits per heavy atom. The van der Waals surface area contributed by atoms with Gasteiger partial charge in [0.25, 0.3) is 0 Å². The van der Waals surface area contributed by atoms with Gasteiger partial charge in [-0.2, -0.15) is 0 Å². The van der Waals surface area contributed by atoms with Gasteiger partial charge in [0.15, 0.2) is 3.95 Å². The molecule has 0 spiro atoms. The number of nitrogens with zero attached hydrogens (tertiary/aromatic N) is 2. The van der Waals surface area contributed by atoms with E-state index in [-0.39, 0.29) is 5.88 Å². The number of benzene rings is 2. The van der Waals surface area contributed by atoms with Crippen molar-refractivity contribution in [3.63, 3.8) is 0 Å². The lowest BCUT2D eigenvalue weighted by Gasteiger charge is -2.06. The molecule has 1 N–H and O–H groups in total. The van der Waals surface area contributed by atoms with E-state index in [4.69, 9.17) is 17.0 Å². The molecule has 0 aliphatic carbocycles.